The maximum absolute atomic E-state index is 13.1. The quantitative estimate of drug-likeness (QED) is 0.391. The summed E-state index contributed by atoms with van der Waals surface area (Å²) in [5.41, 5.74) is 4.31. The minimum absolute atomic E-state index is 0.0237. The number of esters is 1. The Morgan fingerprint density at radius 1 is 1.00 bits per heavy atom. The molecule has 0 saturated heterocycles. The van der Waals surface area contributed by atoms with E-state index in [2.05, 4.69) is 15.6 Å². The Hall–Kier alpha value is -4.50. The predicted molar refractivity (Wildman–Crippen MR) is 139 cm³/mol. The zero-order chi connectivity index (χ0) is 25.8. The highest BCUT2D eigenvalue weighted by Gasteiger charge is 2.31. The number of rotatable bonds is 7. The first-order valence-corrected chi connectivity index (χ1v) is 11.3. The van der Waals surface area contributed by atoms with Crippen molar-refractivity contribution >= 4 is 46.1 Å². The molecule has 0 aliphatic carbocycles. The first kappa shape index (κ1) is 24.6. The number of anilines is 3. The summed E-state index contributed by atoms with van der Waals surface area (Å²) in [6.07, 6.45) is 1.39. The molecule has 2 heterocycles. The molecule has 2 N–H and O–H groups in total. The number of benzene rings is 2. The van der Waals surface area contributed by atoms with Gasteiger partial charge in [0, 0.05) is 24.6 Å². The number of likely N-dealkylation sites (N-methyl/N-ethyl adjacent to an activating group) is 2. The number of ether oxygens (including phenoxy) is 1. The number of hydrogen-bond acceptors (Lipinski definition) is 7. The van der Waals surface area contributed by atoms with Gasteiger partial charge in [0.05, 0.1) is 36.2 Å². The highest BCUT2D eigenvalue weighted by atomic mass is 16.5. The van der Waals surface area contributed by atoms with Gasteiger partial charge in [-0.15, -0.1) is 0 Å². The van der Waals surface area contributed by atoms with Gasteiger partial charge in [-0.1, -0.05) is 30.3 Å². The largest absolute Gasteiger partial charge is 0.465 e. The molecule has 9 nitrogen and oxygen atoms in total. The SMILES string of the molecule is COC(=O)c1cnc2c(c1)NC(=O)/C2=C(\Nc1ccc(N(C)C(=O)CN(C)C)cc1)c1ccccc1. The molecule has 0 atom stereocenters. The van der Waals surface area contributed by atoms with Crippen LogP contribution in [-0.2, 0) is 14.3 Å². The summed E-state index contributed by atoms with van der Waals surface area (Å²) >= 11 is 0. The molecular formula is C27H27N5O4. The van der Waals surface area contributed by atoms with Gasteiger partial charge in [-0.2, -0.15) is 0 Å². The minimum Gasteiger partial charge on any atom is -0.465 e. The number of carbonyl (C=O) groups excluding carboxylic acids is 3. The second-order valence-electron chi connectivity index (χ2n) is 8.54. The number of pyridine rings is 1. The van der Waals surface area contributed by atoms with E-state index in [-0.39, 0.29) is 17.4 Å². The highest BCUT2D eigenvalue weighted by molar-refractivity contribution is 6.37. The van der Waals surface area contributed by atoms with Crippen molar-refractivity contribution in [3.05, 3.63) is 83.7 Å². The fraction of sp³-hybridized carbons (Fsp3) is 0.185. The summed E-state index contributed by atoms with van der Waals surface area (Å²) in [4.78, 5) is 45.2. The van der Waals surface area contributed by atoms with E-state index in [0.29, 0.717) is 29.2 Å². The first-order chi connectivity index (χ1) is 17.3. The monoisotopic (exact) mass is 485 g/mol. The van der Waals surface area contributed by atoms with Crippen LogP contribution >= 0.6 is 0 Å². The van der Waals surface area contributed by atoms with Gasteiger partial charge in [-0.3, -0.25) is 14.6 Å². The summed E-state index contributed by atoms with van der Waals surface area (Å²) in [7, 11) is 6.72. The Labute approximate surface area is 209 Å². The van der Waals surface area contributed by atoms with Gasteiger partial charge in [0.25, 0.3) is 5.91 Å². The average Bonchev–Trinajstić information content (AvgIpc) is 3.21. The lowest BCUT2D eigenvalue weighted by molar-refractivity contribution is -0.119. The average molecular weight is 486 g/mol. The zero-order valence-electron chi connectivity index (χ0n) is 20.5. The molecule has 3 aromatic rings. The maximum Gasteiger partial charge on any atom is 0.339 e. The van der Waals surface area contributed by atoms with Crippen molar-refractivity contribution in [2.45, 2.75) is 0 Å². The van der Waals surface area contributed by atoms with E-state index in [9.17, 15) is 14.4 Å². The maximum atomic E-state index is 13.1. The molecule has 36 heavy (non-hydrogen) atoms. The third kappa shape index (κ3) is 5.11. The lowest BCUT2D eigenvalue weighted by atomic mass is 10.0. The van der Waals surface area contributed by atoms with Crippen LogP contribution in [0.2, 0.25) is 0 Å². The van der Waals surface area contributed by atoms with Crippen LogP contribution in [-0.4, -0.2) is 62.5 Å². The van der Waals surface area contributed by atoms with Gasteiger partial charge in [0.15, 0.2) is 0 Å². The van der Waals surface area contributed by atoms with Crippen LogP contribution in [0.1, 0.15) is 21.6 Å². The van der Waals surface area contributed by atoms with E-state index in [0.717, 1.165) is 16.9 Å². The molecular weight excluding hydrogens is 458 g/mol. The Kier molecular flexibility index (Phi) is 7.12. The van der Waals surface area contributed by atoms with Crippen LogP contribution in [0.5, 0.6) is 0 Å². The molecule has 0 unspecified atom stereocenters. The third-order valence-electron chi connectivity index (χ3n) is 5.68. The Morgan fingerprint density at radius 2 is 1.69 bits per heavy atom. The minimum atomic E-state index is -0.535. The van der Waals surface area contributed by atoms with E-state index >= 15 is 0 Å². The molecule has 2 amide bonds. The van der Waals surface area contributed by atoms with Crippen LogP contribution in [0.25, 0.3) is 11.3 Å². The molecule has 184 valence electrons. The smallest absolute Gasteiger partial charge is 0.339 e. The summed E-state index contributed by atoms with van der Waals surface area (Å²) in [5.74, 6) is -0.895. The van der Waals surface area contributed by atoms with Crippen molar-refractivity contribution in [1.29, 1.82) is 0 Å². The first-order valence-electron chi connectivity index (χ1n) is 11.3. The number of aromatic nitrogens is 1. The lowest BCUT2D eigenvalue weighted by Gasteiger charge is -2.20. The van der Waals surface area contributed by atoms with Crippen LogP contribution in [0, 0.1) is 0 Å². The van der Waals surface area contributed by atoms with Crippen LogP contribution in [0.15, 0.2) is 66.9 Å². The van der Waals surface area contributed by atoms with E-state index in [1.807, 2.05) is 73.6 Å². The molecule has 0 saturated carbocycles. The summed E-state index contributed by atoms with van der Waals surface area (Å²) < 4.78 is 4.76. The topological polar surface area (TPSA) is 104 Å². The lowest BCUT2D eigenvalue weighted by Crippen LogP contribution is -2.34. The molecule has 9 heteroatoms. The number of nitrogens with one attached hydrogen (secondary N) is 2. The van der Waals surface area contributed by atoms with Gasteiger partial charge >= 0.3 is 5.97 Å². The number of fused-ring (bicyclic) bond motifs is 1. The Bertz CT molecular complexity index is 1330. The van der Waals surface area contributed by atoms with E-state index in [1.165, 1.54) is 13.3 Å². The van der Waals surface area contributed by atoms with Crippen molar-refractivity contribution in [2.75, 3.05) is 50.3 Å². The third-order valence-corrected chi connectivity index (χ3v) is 5.68. The van der Waals surface area contributed by atoms with Crippen LogP contribution in [0.4, 0.5) is 17.1 Å². The second kappa shape index (κ2) is 10.4. The molecule has 1 aromatic heterocycles. The normalized spacial score (nSPS) is 13.6. The predicted octanol–water partition coefficient (Wildman–Crippen LogP) is 3.33. The van der Waals surface area contributed by atoms with Gasteiger partial charge in [0.1, 0.15) is 5.69 Å². The van der Waals surface area contributed by atoms with Crippen LogP contribution in [0.3, 0.4) is 0 Å². The summed E-state index contributed by atoms with van der Waals surface area (Å²) in [6.45, 7) is 0.306. The van der Waals surface area contributed by atoms with Crippen molar-refractivity contribution < 1.29 is 19.1 Å². The summed E-state index contributed by atoms with van der Waals surface area (Å²) in [5, 5.41) is 6.16. The Balaban J connectivity index is 1.71. The number of carbonyl (C=O) groups is 3. The molecule has 1 aliphatic heterocycles. The molecule has 0 bridgehead atoms. The van der Waals surface area contributed by atoms with Gasteiger partial charge < -0.3 is 25.2 Å². The highest BCUT2D eigenvalue weighted by Crippen LogP contribution is 2.36. The van der Waals surface area contributed by atoms with Gasteiger partial charge in [0.2, 0.25) is 5.91 Å². The van der Waals surface area contributed by atoms with Crippen molar-refractivity contribution in [3.63, 3.8) is 0 Å². The number of amides is 2. The molecule has 2 aromatic carbocycles. The van der Waals surface area contributed by atoms with Gasteiger partial charge in [-0.05, 0) is 50.0 Å². The molecule has 0 radical (unpaired) electrons. The molecule has 0 spiro atoms. The standard InChI is InChI=1S/C27H27N5O4/c1-31(2)16-22(33)32(3)20-12-10-19(11-13-20)29-24(17-8-6-5-7-9-17)23-25-21(30-26(23)34)14-18(15-28-25)27(35)36-4/h5-15,29H,16H2,1-4H3,(H,30,34)/b24-23-. The van der Waals surface area contributed by atoms with Crippen molar-refractivity contribution in [2.24, 2.45) is 0 Å². The Morgan fingerprint density at radius 3 is 2.33 bits per heavy atom. The van der Waals surface area contributed by atoms with E-state index in [4.69, 9.17) is 4.74 Å². The molecule has 1 aliphatic rings. The van der Waals surface area contributed by atoms with Crippen molar-refractivity contribution in [1.82, 2.24) is 9.88 Å². The fourth-order valence-electron chi connectivity index (χ4n) is 3.83. The summed E-state index contributed by atoms with van der Waals surface area (Å²) in [6, 6.07) is 18.4. The number of nitrogens with zero attached hydrogens (tertiary/aromatic N) is 3. The van der Waals surface area contributed by atoms with E-state index < -0.39 is 5.97 Å². The van der Waals surface area contributed by atoms with E-state index in [1.54, 1.807) is 18.0 Å². The second-order valence-corrected chi connectivity index (χ2v) is 8.54. The van der Waals surface area contributed by atoms with Gasteiger partial charge in [-0.25, -0.2) is 4.79 Å². The fourth-order valence-corrected chi connectivity index (χ4v) is 3.83. The zero-order valence-corrected chi connectivity index (χ0v) is 20.5. The molecule has 4 rings (SSSR count). The number of hydrogen-bond donors (Lipinski definition) is 2. The molecule has 0 fully saturated rings. The van der Waals surface area contributed by atoms with Crippen LogP contribution < -0.4 is 15.5 Å². The van der Waals surface area contributed by atoms with Crippen molar-refractivity contribution in [3.8, 4) is 0 Å². The number of methoxy groups -OCH3 is 1.